The topological polar surface area (TPSA) is 86.8 Å². The molecule has 1 atom stereocenters. The molecule has 2 N–H and O–H groups in total. The molecule has 0 saturated carbocycles. The minimum atomic E-state index is -0.317. The van der Waals surface area contributed by atoms with E-state index in [1.807, 2.05) is 61.5 Å². The third kappa shape index (κ3) is 4.30. The van der Waals surface area contributed by atoms with Gasteiger partial charge < -0.3 is 20.3 Å². The van der Waals surface area contributed by atoms with Gasteiger partial charge in [-0.1, -0.05) is 18.2 Å². The van der Waals surface area contributed by atoms with E-state index in [-0.39, 0.29) is 11.9 Å². The van der Waals surface area contributed by atoms with E-state index < -0.39 is 0 Å². The third-order valence-electron chi connectivity index (χ3n) is 7.01. The van der Waals surface area contributed by atoms with Crippen LogP contribution in [0.15, 0.2) is 60.8 Å². The molecule has 2 aliphatic rings. The Morgan fingerprint density at radius 2 is 2.00 bits per heavy atom. The number of benzene rings is 2. The molecule has 0 radical (unpaired) electrons. The molecule has 9 heteroatoms. The van der Waals surface area contributed by atoms with Crippen molar-refractivity contribution < 1.29 is 14.3 Å². The molecule has 4 heterocycles. The second-order valence-corrected chi connectivity index (χ2v) is 10.4. The number of nitrogens with one attached hydrogen (secondary N) is 2. The maximum atomic E-state index is 13.4. The second-order valence-electron chi connectivity index (χ2n) is 9.43. The zero-order chi connectivity index (χ0) is 25.5. The highest BCUT2D eigenvalue weighted by molar-refractivity contribution is 7.21. The van der Waals surface area contributed by atoms with Crippen molar-refractivity contribution in [3.05, 3.63) is 71.2 Å². The van der Waals surface area contributed by atoms with E-state index in [4.69, 9.17) is 4.74 Å². The van der Waals surface area contributed by atoms with Gasteiger partial charge in [0.1, 0.15) is 21.2 Å². The highest BCUT2D eigenvalue weighted by atomic mass is 32.1. The van der Waals surface area contributed by atoms with Gasteiger partial charge in [-0.15, -0.1) is 11.3 Å². The molecule has 8 nitrogen and oxygen atoms in total. The number of carbonyl (C=O) groups is 2. The van der Waals surface area contributed by atoms with Crippen LogP contribution in [0.5, 0.6) is 11.5 Å². The van der Waals surface area contributed by atoms with Gasteiger partial charge in [0.05, 0.1) is 22.4 Å². The minimum absolute atomic E-state index is 0.184. The van der Waals surface area contributed by atoms with Crippen LogP contribution in [0.1, 0.15) is 28.1 Å². The molecule has 188 valence electrons. The normalized spacial score (nSPS) is 17.2. The molecule has 0 spiro atoms. The number of anilines is 3. The van der Waals surface area contributed by atoms with Crippen LogP contribution in [-0.4, -0.2) is 48.0 Å². The van der Waals surface area contributed by atoms with Crippen molar-refractivity contribution in [3.8, 4) is 11.5 Å². The van der Waals surface area contributed by atoms with Crippen LogP contribution >= 0.6 is 11.3 Å². The number of ether oxygens (including phenoxy) is 1. The van der Waals surface area contributed by atoms with Gasteiger partial charge in [-0.3, -0.25) is 9.69 Å². The zero-order valence-electron chi connectivity index (χ0n) is 20.7. The first-order valence-corrected chi connectivity index (χ1v) is 13.2. The highest BCUT2D eigenvalue weighted by Gasteiger charge is 2.33. The van der Waals surface area contributed by atoms with Gasteiger partial charge in [0, 0.05) is 18.8 Å². The third-order valence-corrected chi connectivity index (χ3v) is 8.11. The molecule has 0 aliphatic carbocycles. The summed E-state index contributed by atoms with van der Waals surface area (Å²) in [6.45, 7) is 3.58. The lowest BCUT2D eigenvalue weighted by atomic mass is 10.1. The fourth-order valence-corrected chi connectivity index (χ4v) is 6.11. The van der Waals surface area contributed by atoms with Crippen LogP contribution in [0.25, 0.3) is 10.2 Å². The SMILES string of the molecule is Cc1cc(Oc2ccccc2)ccc1N1C(=O)Nc2c(C(=O)NC[C@H]3CCCN3C)sc3nccc1c23. The largest absolute Gasteiger partial charge is 0.457 e. The maximum absolute atomic E-state index is 13.4. The number of hydrogen-bond donors (Lipinski definition) is 2. The first-order valence-electron chi connectivity index (χ1n) is 12.3. The average Bonchev–Trinajstić information content (AvgIpc) is 3.48. The summed E-state index contributed by atoms with van der Waals surface area (Å²) in [6.07, 6.45) is 3.89. The van der Waals surface area contributed by atoms with E-state index in [1.165, 1.54) is 11.3 Å². The zero-order valence-corrected chi connectivity index (χ0v) is 21.5. The number of aryl methyl sites for hydroxylation is 1. The molecule has 2 aromatic carbocycles. The number of thiophene rings is 1. The lowest BCUT2D eigenvalue weighted by Crippen LogP contribution is -2.38. The molecule has 2 aliphatic heterocycles. The fraction of sp³-hybridized carbons (Fsp3) is 0.250. The van der Waals surface area contributed by atoms with Gasteiger partial charge in [-0.05, 0) is 75.3 Å². The quantitative estimate of drug-likeness (QED) is 0.335. The Labute approximate surface area is 218 Å². The number of likely N-dealkylation sites (N-methyl/N-ethyl adjacent to an activating group) is 1. The van der Waals surface area contributed by atoms with Crippen molar-refractivity contribution in [1.29, 1.82) is 0 Å². The predicted octanol–water partition coefficient (Wildman–Crippen LogP) is 5.90. The van der Waals surface area contributed by atoms with Gasteiger partial charge in [-0.2, -0.15) is 0 Å². The number of amides is 3. The number of aromatic nitrogens is 1. The van der Waals surface area contributed by atoms with Crippen molar-refractivity contribution in [2.24, 2.45) is 0 Å². The Kier molecular flexibility index (Phi) is 6.02. The number of carbonyl (C=O) groups excluding carboxylic acids is 2. The van der Waals surface area contributed by atoms with Crippen molar-refractivity contribution in [2.45, 2.75) is 25.8 Å². The summed E-state index contributed by atoms with van der Waals surface area (Å²) >= 11 is 1.30. The van der Waals surface area contributed by atoms with E-state index in [1.54, 1.807) is 11.1 Å². The van der Waals surface area contributed by atoms with Gasteiger partial charge in [0.2, 0.25) is 0 Å². The van der Waals surface area contributed by atoms with Crippen LogP contribution in [0.3, 0.4) is 0 Å². The first kappa shape index (κ1) is 23.4. The second kappa shape index (κ2) is 9.49. The number of urea groups is 1. The smallest absolute Gasteiger partial charge is 0.331 e. The molecule has 0 unspecified atom stereocenters. The van der Waals surface area contributed by atoms with Crippen molar-refractivity contribution in [1.82, 2.24) is 15.2 Å². The van der Waals surface area contributed by atoms with Crippen molar-refractivity contribution in [3.63, 3.8) is 0 Å². The summed E-state index contributed by atoms with van der Waals surface area (Å²) < 4.78 is 5.96. The van der Waals surface area contributed by atoms with E-state index >= 15 is 0 Å². The molecule has 3 amide bonds. The lowest BCUT2D eigenvalue weighted by Gasteiger charge is -2.29. The van der Waals surface area contributed by atoms with Gasteiger partial charge >= 0.3 is 6.03 Å². The summed E-state index contributed by atoms with van der Waals surface area (Å²) in [4.78, 5) is 36.2. The van der Waals surface area contributed by atoms with Crippen LogP contribution in [-0.2, 0) is 0 Å². The standard InChI is InChI=1S/C28H27N5O3S/c1-17-15-20(36-19-8-4-3-5-9-19)10-11-21(17)33-22-12-13-29-27-23(22)24(31-28(33)35)25(37-27)26(34)30-16-18-7-6-14-32(18)2/h3-5,8-13,15,18H,6-7,14,16H2,1-2H3,(H,30,34)(H,31,35)/t18-/m1/s1. The molecule has 6 rings (SSSR count). The number of likely N-dealkylation sites (tertiary alicyclic amines) is 1. The Balaban J connectivity index is 1.31. The number of rotatable bonds is 6. The summed E-state index contributed by atoms with van der Waals surface area (Å²) in [5.74, 6) is 1.25. The van der Waals surface area contributed by atoms with Crippen LogP contribution in [0.2, 0.25) is 0 Å². The molecular formula is C28H27N5O3S. The number of pyridine rings is 1. The van der Waals surface area contributed by atoms with E-state index in [0.717, 1.165) is 41.8 Å². The number of nitrogens with zero attached hydrogens (tertiary/aromatic N) is 3. The van der Waals surface area contributed by atoms with E-state index in [2.05, 4.69) is 27.6 Å². The molecular weight excluding hydrogens is 486 g/mol. The van der Waals surface area contributed by atoms with E-state index in [0.29, 0.717) is 39.4 Å². The number of para-hydroxylation sites is 1. The van der Waals surface area contributed by atoms with Crippen molar-refractivity contribution in [2.75, 3.05) is 30.4 Å². The Bertz CT molecular complexity index is 1500. The van der Waals surface area contributed by atoms with E-state index in [9.17, 15) is 9.59 Å². The summed E-state index contributed by atoms with van der Waals surface area (Å²) in [5, 5.41) is 6.82. The van der Waals surface area contributed by atoms with Gasteiger partial charge in [0.25, 0.3) is 5.91 Å². The number of hydrogen-bond acceptors (Lipinski definition) is 6. The van der Waals surface area contributed by atoms with Crippen molar-refractivity contribution >= 4 is 50.6 Å². The van der Waals surface area contributed by atoms with Crippen LogP contribution in [0, 0.1) is 6.92 Å². The van der Waals surface area contributed by atoms with Gasteiger partial charge in [0.15, 0.2) is 0 Å². The van der Waals surface area contributed by atoms with Crippen LogP contribution in [0.4, 0.5) is 21.9 Å². The Hall–Kier alpha value is -3.95. The fourth-order valence-electron chi connectivity index (χ4n) is 5.08. The predicted molar refractivity (Wildman–Crippen MR) is 146 cm³/mol. The monoisotopic (exact) mass is 513 g/mol. The Morgan fingerprint density at radius 1 is 1.16 bits per heavy atom. The molecule has 0 bridgehead atoms. The minimum Gasteiger partial charge on any atom is -0.457 e. The molecule has 37 heavy (non-hydrogen) atoms. The highest BCUT2D eigenvalue weighted by Crippen LogP contribution is 2.46. The summed E-state index contributed by atoms with van der Waals surface area (Å²) in [6, 6.07) is 17.1. The molecule has 1 fully saturated rings. The van der Waals surface area contributed by atoms with Gasteiger partial charge in [-0.25, -0.2) is 9.78 Å². The molecule has 4 aromatic rings. The Morgan fingerprint density at radius 3 is 2.76 bits per heavy atom. The first-order chi connectivity index (χ1) is 18.0. The van der Waals surface area contributed by atoms with Crippen LogP contribution < -0.4 is 20.3 Å². The summed E-state index contributed by atoms with van der Waals surface area (Å²) in [5.41, 5.74) is 2.85. The molecule has 1 saturated heterocycles. The lowest BCUT2D eigenvalue weighted by molar-refractivity contribution is 0.0948. The average molecular weight is 514 g/mol. The maximum Gasteiger partial charge on any atom is 0.331 e. The molecule has 2 aromatic heterocycles. The summed E-state index contributed by atoms with van der Waals surface area (Å²) in [7, 11) is 2.08.